The summed E-state index contributed by atoms with van der Waals surface area (Å²) in [5, 5.41) is 2.66. The lowest BCUT2D eigenvalue weighted by atomic mass is 10.2. The third-order valence-corrected chi connectivity index (χ3v) is 4.16. The van der Waals surface area contributed by atoms with E-state index in [1.165, 1.54) is 18.6 Å². The Hall–Kier alpha value is -3.55. The monoisotopic (exact) mass is 384 g/mol. The van der Waals surface area contributed by atoms with Gasteiger partial charge in [-0.1, -0.05) is 24.3 Å². The molecule has 1 heterocycles. The molecule has 8 heteroatoms. The van der Waals surface area contributed by atoms with Gasteiger partial charge in [0.2, 0.25) is 0 Å². The molecule has 1 aromatic heterocycles. The number of hydrogen-bond donors (Lipinski definition) is 1. The number of amides is 1. The number of fused-ring (bicyclic) bond motifs is 1. The maximum atomic E-state index is 12.3. The number of aryl methyl sites for hydroxylation is 1. The van der Waals surface area contributed by atoms with Crippen molar-refractivity contribution >= 4 is 28.7 Å². The first kappa shape index (κ1) is 19.2. The summed E-state index contributed by atoms with van der Waals surface area (Å²) >= 11 is 0. The molecule has 0 aliphatic rings. The Labute approximate surface area is 160 Å². The van der Waals surface area contributed by atoms with Crippen molar-refractivity contribution in [3.8, 4) is 5.75 Å². The van der Waals surface area contributed by atoms with E-state index in [1.807, 2.05) is 0 Å². The quantitative estimate of drug-likeness (QED) is 0.629. The van der Waals surface area contributed by atoms with Crippen molar-refractivity contribution in [2.24, 2.45) is 0 Å². The fourth-order valence-corrected chi connectivity index (χ4v) is 2.72. The van der Waals surface area contributed by atoms with Crippen molar-refractivity contribution in [1.82, 2.24) is 4.57 Å². The number of carbonyl (C=O) groups excluding carboxylic acids is 2. The molecule has 1 atom stereocenters. The van der Waals surface area contributed by atoms with E-state index in [1.54, 1.807) is 48.5 Å². The summed E-state index contributed by atoms with van der Waals surface area (Å²) < 4.78 is 16.8. The lowest BCUT2D eigenvalue weighted by Crippen LogP contribution is -2.30. The second-order valence-electron chi connectivity index (χ2n) is 6.06. The van der Waals surface area contributed by atoms with Crippen LogP contribution in [0.3, 0.4) is 0 Å². The highest BCUT2D eigenvalue weighted by molar-refractivity contribution is 5.96. The molecule has 28 heavy (non-hydrogen) atoms. The van der Waals surface area contributed by atoms with Gasteiger partial charge < -0.3 is 19.2 Å². The highest BCUT2D eigenvalue weighted by Crippen LogP contribution is 2.23. The van der Waals surface area contributed by atoms with Gasteiger partial charge >= 0.3 is 11.7 Å². The van der Waals surface area contributed by atoms with Gasteiger partial charge in [-0.15, -0.1) is 0 Å². The van der Waals surface area contributed by atoms with E-state index in [-0.39, 0.29) is 13.0 Å². The molecule has 1 amide bonds. The van der Waals surface area contributed by atoms with Gasteiger partial charge in [0.25, 0.3) is 5.91 Å². The van der Waals surface area contributed by atoms with E-state index >= 15 is 0 Å². The minimum Gasteiger partial charge on any atom is -0.495 e. The molecule has 146 valence electrons. The van der Waals surface area contributed by atoms with Crippen LogP contribution in [0.4, 0.5) is 5.69 Å². The van der Waals surface area contributed by atoms with E-state index < -0.39 is 23.7 Å². The average Bonchev–Trinajstić information content (AvgIpc) is 3.01. The Bertz CT molecular complexity index is 1050. The average molecular weight is 384 g/mol. The largest absolute Gasteiger partial charge is 0.495 e. The van der Waals surface area contributed by atoms with Crippen LogP contribution in [0.2, 0.25) is 0 Å². The summed E-state index contributed by atoms with van der Waals surface area (Å²) in [5.41, 5.74) is 1.53. The Balaban J connectivity index is 1.57. The van der Waals surface area contributed by atoms with Crippen molar-refractivity contribution in [3.63, 3.8) is 0 Å². The zero-order chi connectivity index (χ0) is 20.1. The molecule has 3 rings (SSSR count). The molecule has 2 aromatic carbocycles. The number of aromatic nitrogens is 1. The first-order chi connectivity index (χ1) is 13.5. The summed E-state index contributed by atoms with van der Waals surface area (Å²) in [6, 6.07) is 13.9. The van der Waals surface area contributed by atoms with E-state index in [4.69, 9.17) is 13.9 Å². The second kappa shape index (κ2) is 8.43. The number of nitrogens with one attached hydrogen (secondary N) is 1. The standard InChI is InChI=1S/C20H20N2O6/c1-13(19(24)21-14-7-3-5-9-16(14)26-2)27-18(23)11-12-22-15-8-4-6-10-17(15)28-20(22)25/h3-10,13H,11-12H2,1-2H3,(H,21,24)/t13-/m0/s1. The molecule has 0 saturated heterocycles. The van der Waals surface area contributed by atoms with Gasteiger partial charge in [-0.05, 0) is 31.2 Å². The van der Waals surface area contributed by atoms with Gasteiger partial charge in [-0.3, -0.25) is 14.2 Å². The first-order valence-corrected chi connectivity index (χ1v) is 8.71. The molecule has 0 unspecified atom stereocenters. The number of rotatable bonds is 7. The number of para-hydroxylation sites is 4. The molecule has 0 aliphatic carbocycles. The van der Waals surface area contributed by atoms with Gasteiger partial charge in [-0.2, -0.15) is 0 Å². The molecule has 0 radical (unpaired) electrons. The van der Waals surface area contributed by atoms with Crippen molar-refractivity contribution < 1.29 is 23.5 Å². The topological polar surface area (TPSA) is 99.8 Å². The van der Waals surface area contributed by atoms with Crippen molar-refractivity contribution in [2.45, 2.75) is 26.0 Å². The Morgan fingerprint density at radius 2 is 1.86 bits per heavy atom. The number of nitrogens with zero attached hydrogens (tertiary/aromatic N) is 1. The number of hydrogen-bond acceptors (Lipinski definition) is 6. The third-order valence-electron chi connectivity index (χ3n) is 4.16. The van der Waals surface area contributed by atoms with Crippen LogP contribution in [0, 0.1) is 0 Å². The summed E-state index contributed by atoms with van der Waals surface area (Å²) in [6.07, 6.45) is -1.08. The summed E-state index contributed by atoms with van der Waals surface area (Å²) in [5.74, 6) is -1.12. The summed E-state index contributed by atoms with van der Waals surface area (Å²) in [4.78, 5) is 36.3. The van der Waals surface area contributed by atoms with Crippen LogP contribution < -0.4 is 15.8 Å². The van der Waals surface area contributed by atoms with Gasteiger partial charge in [0, 0.05) is 6.54 Å². The van der Waals surface area contributed by atoms with Crippen LogP contribution in [0.15, 0.2) is 57.7 Å². The summed E-state index contributed by atoms with van der Waals surface area (Å²) in [7, 11) is 1.50. The van der Waals surface area contributed by atoms with Gasteiger partial charge in [0.15, 0.2) is 11.7 Å². The van der Waals surface area contributed by atoms with Crippen molar-refractivity contribution in [1.29, 1.82) is 0 Å². The Morgan fingerprint density at radius 3 is 2.64 bits per heavy atom. The number of anilines is 1. The fraction of sp³-hybridized carbons (Fsp3) is 0.250. The Morgan fingerprint density at radius 1 is 1.14 bits per heavy atom. The van der Waals surface area contributed by atoms with Crippen molar-refractivity contribution in [3.05, 3.63) is 59.1 Å². The van der Waals surface area contributed by atoms with Gasteiger partial charge in [0.05, 0.1) is 24.7 Å². The molecule has 0 spiro atoms. The van der Waals surface area contributed by atoms with E-state index in [0.29, 0.717) is 22.5 Å². The predicted molar refractivity (Wildman–Crippen MR) is 102 cm³/mol. The van der Waals surface area contributed by atoms with Crippen LogP contribution >= 0.6 is 0 Å². The van der Waals surface area contributed by atoms with Gasteiger partial charge in [-0.25, -0.2) is 4.79 Å². The smallest absolute Gasteiger partial charge is 0.419 e. The number of esters is 1. The van der Waals surface area contributed by atoms with Crippen LogP contribution in [0.1, 0.15) is 13.3 Å². The Kier molecular flexibility index (Phi) is 5.78. The first-order valence-electron chi connectivity index (χ1n) is 8.71. The van der Waals surface area contributed by atoms with Crippen LogP contribution in [0.25, 0.3) is 11.1 Å². The van der Waals surface area contributed by atoms with Crippen molar-refractivity contribution in [2.75, 3.05) is 12.4 Å². The van der Waals surface area contributed by atoms with Gasteiger partial charge in [0.1, 0.15) is 5.75 Å². The number of ether oxygens (including phenoxy) is 2. The van der Waals surface area contributed by atoms with E-state index in [2.05, 4.69) is 5.32 Å². The zero-order valence-electron chi connectivity index (χ0n) is 15.5. The maximum absolute atomic E-state index is 12.3. The molecular weight excluding hydrogens is 364 g/mol. The maximum Gasteiger partial charge on any atom is 0.419 e. The van der Waals surface area contributed by atoms with Crippen LogP contribution in [-0.2, 0) is 20.9 Å². The lowest BCUT2D eigenvalue weighted by molar-refractivity contribution is -0.153. The van der Waals surface area contributed by atoms with Crippen LogP contribution in [-0.4, -0.2) is 29.7 Å². The van der Waals surface area contributed by atoms with E-state index in [9.17, 15) is 14.4 Å². The zero-order valence-corrected chi connectivity index (χ0v) is 15.5. The summed E-state index contributed by atoms with van der Waals surface area (Å²) in [6.45, 7) is 1.57. The second-order valence-corrected chi connectivity index (χ2v) is 6.06. The molecule has 0 bridgehead atoms. The third kappa shape index (κ3) is 4.22. The lowest BCUT2D eigenvalue weighted by Gasteiger charge is -2.15. The highest BCUT2D eigenvalue weighted by atomic mass is 16.5. The molecule has 8 nitrogen and oxygen atoms in total. The molecule has 1 N–H and O–H groups in total. The minimum absolute atomic E-state index is 0.0737. The molecule has 0 fully saturated rings. The van der Waals surface area contributed by atoms with Crippen LogP contribution in [0.5, 0.6) is 5.75 Å². The number of carbonyl (C=O) groups is 2. The predicted octanol–water partition coefficient (Wildman–Crippen LogP) is 2.56. The minimum atomic E-state index is -1.00. The SMILES string of the molecule is COc1ccccc1NC(=O)[C@H](C)OC(=O)CCn1c(=O)oc2ccccc21. The number of oxazole rings is 1. The molecular formula is C20H20N2O6. The van der Waals surface area contributed by atoms with E-state index in [0.717, 1.165) is 0 Å². The normalized spacial score (nSPS) is 11.8. The molecule has 3 aromatic rings. The number of methoxy groups -OCH3 is 1. The number of benzene rings is 2. The highest BCUT2D eigenvalue weighted by Gasteiger charge is 2.19. The fourth-order valence-electron chi connectivity index (χ4n) is 2.72. The molecule has 0 saturated carbocycles. The molecule has 0 aliphatic heterocycles.